The largest absolute Gasteiger partial charge is 0.496 e. The van der Waals surface area contributed by atoms with Crippen molar-refractivity contribution in [2.75, 3.05) is 7.11 Å². The third-order valence-corrected chi connectivity index (χ3v) is 9.29. The fourth-order valence-corrected chi connectivity index (χ4v) is 6.55. The van der Waals surface area contributed by atoms with E-state index in [2.05, 4.69) is 45.1 Å². The maximum absolute atomic E-state index is 13.5. The van der Waals surface area contributed by atoms with Crippen LogP contribution in [0, 0.1) is 0 Å². The second-order valence-corrected chi connectivity index (χ2v) is 12.8. The van der Waals surface area contributed by atoms with Gasteiger partial charge >= 0.3 is 0 Å². The van der Waals surface area contributed by atoms with Crippen LogP contribution in [0.4, 0.5) is 0 Å². The molecule has 1 aromatic heterocycles. The Morgan fingerprint density at radius 1 is 0.846 bits per heavy atom. The van der Waals surface area contributed by atoms with Gasteiger partial charge in [0.2, 0.25) is 0 Å². The number of rotatable bonds is 7. The van der Waals surface area contributed by atoms with Gasteiger partial charge < -0.3 is 15.2 Å². The van der Waals surface area contributed by atoms with Gasteiger partial charge in [-0.15, -0.1) is 11.3 Å². The van der Waals surface area contributed by atoms with Crippen LogP contribution in [0.2, 0.25) is 0 Å². The average Bonchev–Trinajstić information content (AvgIpc) is 3.44. The van der Waals surface area contributed by atoms with Crippen LogP contribution in [0.1, 0.15) is 84.6 Å². The van der Waals surface area contributed by atoms with E-state index in [4.69, 9.17) is 4.74 Å². The summed E-state index contributed by atoms with van der Waals surface area (Å²) >= 11 is 1.45. The SMILES string of the molecule is COc1cc2c(cc1-c1ccc(C(=O)N[C@H](c3ccccc3)[C@@H](O)c3ccccc3)s1)C(C)(C)CCC2(C)C. The number of ether oxygens (including phenoxy) is 1. The molecule has 5 rings (SSSR count). The molecule has 0 radical (unpaired) electrons. The average molecular weight is 540 g/mol. The van der Waals surface area contributed by atoms with E-state index in [9.17, 15) is 9.90 Å². The Balaban J connectivity index is 1.47. The highest BCUT2D eigenvalue weighted by molar-refractivity contribution is 7.17. The Bertz CT molecular complexity index is 1460. The molecule has 0 bridgehead atoms. The lowest BCUT2D eigenvalue weighted by Gasteiger charge is -2.42. The number of amides is 1. The minimum Gasteiger partial charge on any atom is -0.496 e. The molecule has 0 aliphatic heterocycles. The number of thiophene rings is 1. The van der Waals surface area contributed by atoms with Crippen LogP contribution in [0.5, 0.6) is 5.75 Å². The lowest BCUT2D eigenvalue weighted by molar-refractivity contribution is 0.0835. The second kappa shape index (κ2) is 10.6. The van der Waals surface area contributed by atoms with Gasteiger partial charge in [0, 0.05) is 10.4 Å². The van der Waals surface area contributed by atoms with E-state index in [1.807, 2.05) is 72.8 Å². The fourth-order valence-electron chi connectivity index (χ4n) is 5.62. The summed E-state index contributed by atoms with van der Waals surface area (Å²) in [5, 5.41) is 14.4. The minimum absolute atomic E-state index is 0.0693. The highest BCUT2D eigenvalue weighted by Gasteiger charge is 2.38. The summed E-state index contributed by atoms with van der Waals surface area (Å²) in [6, 6.07) is 26.8. The number of benzene rings is 3. The van der Waals surface area contributed by atoms with E-state index < -0.39 is 12.1 Å². The molecular formula is C34H37NO3S. The van der Waals surface area contributed by atoms with Gasteiger partial charge in [-0.3, -0.25) is 4.79 Å². The van der Waals surface area contributed by atoms with Gasteiger partial charge in [0.15, 0.2) is 0 Å². The number of aliphatic hydroxyl groups excluding tert-OH is 1. The molecule has 0 saturated heterocycles. The molecule has 1 aliphatic carbocycles. The predicted octanol–water partition coefficient (Wildman–Crippen LogP) is 7.98. The molecule has 4 aromatic rings. The first-order valence-electron chi connectivity index (χ1n) is 13.5. The first kappa shape index (κ1) is 27.2. The Morgan fingerprint density at radius 2 is 1.41 bits per heavy atom. The number of hydrogen-bond donors (Lipinski definition) is 2. The minimum atomic E-state index is -0.886. The molecule has 39 heavy (non-hydrogen) atoms. The lowest BCUT2D eigenvalue weighted by atomic mass is 9.63. The lowest BCUT2D eigenvalue weighted by Crippen LogP contribution is -2.33. The standard InChI is InChI=1S/C34H37NO3S/c1-33(2)18-19-34(3,4)26-21-27(38-5)24(20-25(26)33)28-16-17-29(39-28)32(37)35-30(22-12-8-6-9-13-22)31(36)23-14-10-7-11-15-23/h6-17,20-21,30-31,36H,18-19H2,1-5H3,(H,35,37)/t30-,31+/m1/s1. The normalized spacial score (nSPS) is 17.1. The van der Waals surface area contributed by atoms with Crippen molar-refractivity contribution in [1.82, 2.24) is 5.32 Å². The van der Waals surface area contributed by atoms with E-state index in [0.717, 1.165) is 40.2 Å². The van der Waals surface area contributed by atoms with Gasteiger partial charge in [0.25, 0.3) is 5.91 Å². The molecule has 5 heteroatoms. The van der Waals surface area contributed by atoms with Crippen LogP contribution in [0.3, 0.4) is 0 Å². The van der Waals surface area contributed by atoms with Crippen LogP contribution in [-0.4, -0.2) is 18.1 Å². The monoisotopic (exact) mass is 539 g/mol. The number of carbonyl (C=O) groups excluding carboxylic acids is 1. The van der Waals surface area contributed by atoms with Crippen LogP contribution in [0.15, 0.2) is 84.9 Å². The van der Waals surface area contributed by atoms with Crippen LogP contribution >= 0.6 is 11.3 Å². The van der Waals surface area contributed by atoms with E-state index >= 15 is 0 Å². The Morgan fingerprint density at radius 3 is 2.00 bits per heavy atom. The van der Waals surface area contributed by atoms with Crippen molar-refractivity contribution in [3.8, 4) is 16.2 Å². The summed E-state index contributed by atoms with van der Waals surface area (Å²) < 4.78 is 5.87. The molecule has 1 amide bonds. The van der Waals surface area contributed by atoms with Gasteiger partial charge in [-0.2, -0.15) is 0 Å². The molecule has 1 aliphatic rings. The maximum atomic E-state index is 13.5. The van der Waals surface area contributed by atoms with E-state index in [1.54, 1.807) is 7.11 Å². The molecule has 2 N–H and O–H groups in total. The molecule has 0 unspecified atom stereocenters. The maximum Gasteiger partial charge on any atom is 0.261 e. The van der Waals surface area contributed by atoms with Gasteiger partial charge in [0.1, 0.15) is 11.9 Å². The van der Waals surface area contributed by atoms with Gasteiger partial charge in [-0.25, -0.2) is 0 Å². The Hall–Kier alpha value is -3.41. The molecule has 4 nitrogen and oxygen atoms in total. The highest BCUT2D eigenvalue weighted by atomic mass is 32.1. The summed E-state index contributed by atoms with van der Waals surface area (Å²) in [5.74, 6) is 0.614. The summed E-state index contributed by atoms with van der Waals surface area (Å²) in [7, 11) is 1.71. The van der Waals surface area contributed by atoms with Gasteiger partial charge in [0.05, 0.1) is 18.0 Å². The van der Waals surface area contributed by atoms with Gasteiger partial charge in [-0.05, 0) is 70.2 Å². The first-order valence-corrected chi connectivity index (χ1v) is 14.3. The van der Waals surface area contributed by atoms with E-state index in [1.165, 1.54) is 22.5 Å². The zero-order valence-corrected chi connectivity index (χ0v) is 24.1. The van der Waals surface area contributed by atoms with Crippen LogP contribution in [0.25, 0.3) is 10.4 Å². The number of fused-ring (bicyclic) bond motifs is 1. The predicted molar refractivity (Wildman–Crippen MR) is 160 cm³/mol. The number of aliphatic hydroxyl groups is 1. The van der Waals surface area contributed by atoms with Crippen molar-refractivity contribution in [2.24, 2.45) is 0 Å². The van der Waals surface area contributed by atoms with Crippen molar-refractivity contribution in [3.05, 3.63) is 112 Å². The van der Waals surface area contributed by atoms with Crippen molar-refractivity contribution in [2.45, 2.75) is 63.5 Å². The number of nitrogens with one attached hydrogen (secondary N) is 1. The van der Waals surface area contributed by atoms with Crippen LogP contribution < -0.4 is 10.1 Å². The Labute approximate surface area is 235 Å². The van der Waals surface area contributed by atoms with E-state index in [0.29, 0.717) is 4.88 Å². The number of hydrogen-bond acceptors (Lipinski definition) is 4. The van der Waals surface area contributed by atoms with Crippen molar-refractivity contribution in [3.63, 3.8) is 0 Å². The molecule has 2 atom stereocenters. The third kappa shape index (κ3) is 5.39. The van der Waals surface area contributed by atoms with Gasteiger partial charge in [-0.1, -0.05) is 88.4 Å². The third-order valence-electron chi connectivity index (χ3n) is 8.17. The summed E-state index contributed by atoms with van der Waals surface area (Å²) in [6.07, 6.45) is 1.38. The molecule has 0 fully saturated rings. The summed E-state index contributed by atoms with van der Waals surface area (Å²) in [4.78, 5) is 15.1. The molecule has 1 heterocycles. The van der Waals surface area contributed by atoms with E-state index in [-0.39, 0.29) is 16.7 Å². The zero-order valence-electron chi connectivity index (χ0n) is 23.3. The van der Waals surface area contributed by atoms with Crippen molar-refractivity contribution < 1.29 is 14.6 Å². The zero-order chi connectivity index (χ0) is 27.8. The number of methoxy groups -OCH3 is 1. The molecule has 0 spiro atoms. The quantitative estimate of drug-likeness (QED) is 0.250. The molecule has 0 saturated carbocycles. The summed E-state index contributed by atoms with van der Waals surface area (Å²) in [5.41, 5.74) is 5.46. The van der Waals surface area contributed by atoms with Crippen molar-refractivity contribution >= 4 is 17.2 Å². The topological polar surface area (TPSA) is 58.6 Å². The smallest absolute Gasteiger partial charge is 0.261 e. The number of carbonyl (C=O) groups is 1. The Kier molecular flexibility index (Phi) is 7.41. The van der Waals surface area contributed by atoms with Crippen LogP contribution in [-0.2, 0) is 10.8 Å². The molecular weight excluding hydrogens is 502 g/mol. The highest BCUT2D eigenvalue weighted by Crippen LogP contribution is 2.50. The second-order valence-electron chi connectivity index (χ2n) is 11.7. The molecule has 3 aromatic carbocycles. The summed E-state index contributed by atoms with van der Waals surface area (Å²) in [6.45, 7) is 9.24. The van der Waals surface area contributed by atoms with Crippen molar-refractivity contribution in [1.29, 1.82) is 0 Å². The first-order chi connectivity index (χ1) is 18.6. The molecule has 202 valence electrons. The fraction of sp³-hybridized carbons (Fsp3) is 0.324.